The van der Waals surface area contributed by atoms with Gasteiger partial charge in [0, 0.05) is 0 Å². The maximum Gasteiger partial charge on any atom is -0.0383 e. The van der Waals surface area contributed by atoms with Gasteiger partial charge in [-0.3, -0.25) is 0 Å². The molecule has 0 aromatic heterocycles. The second-order valence-electron chi connectivity index (χ2n) is 4.49. The Morgan fingerprint density at radius 1 is 1.11 bits per heavy atom. The summed E-state index contributed by atoms with van der Waals surface area (Å²) in [7, 11) is 0. The first-order valence-corrected chi connectivity index (χ1v) is 3.92. The molecule has 0 aliphatic carbocycles. The fourth-order valence-corrected chi connectivity index (χ4v) is 0.722. The Morgan fingerprint density at radius 2 is 1.56 bits per heavy atom. The molecule has 0 aromatic carbocycles. The molecule has 0 aromatic rings. The normalized spacial score (nSPS) is 12.7. The predicted molar refractivity (Wildman–Crippen MR) is 43.5 cm³/mol. The van der Waals surface area contributed by atoms with E-state index in [9.17, 15) is 0 Å². The van der Waals surface area contributed by atoms with E-state index in [1.807, 2.05) is 0 Å². The van der Waals surface area contributed by atoms with Crippen LogP contribution in [0.1, 0.15) is 47.5 Å². The van der Waals surface area contributed by atoms with Crippen LogP contribution >= 0.6 is 0 Å². The standard InChI is InChI=1S/C9H20/c1-8(2)6-7-9(3,4)5/h8H,6-7H2,1-5H3. The van der Waals surface area contributed by atoms with Crippen molar-refractivity contribution >= 4 is 0 Å². The van der Waals surface area contributed by atoms with Gasteiger partial charge in [-0.15, -0.1) is 0 Å². The quantitative estimate of drug-likeness (QED) is 0.534. The summed E-state index contributed by atoms with van der Waals surface area (Å²) < 4.78 is 0. The van der Waals surface area contributed by atoms with Gasteiger partial charge in [0.2, 0.25) is 0 Å². The highest BCUT2D eigenvalue weighted by Crippen LogP contribution is 2.22. The monoisotopic (exact) mass is 128 g/mol. The number of hydrogen-bond donors (Lipinski definition) is 0. The molecule has 0 amide bonds. The van der Waals surface area contributed by atoms with E-state index in [0.29, 0.717) is 5.41 Å². The van der Waals surface area contributed by atoms with Gasteiger partial charge in [-0.05, 0) is 17.8 Å². The van der Waals surface area contributed by atoms with E-state index < -0.39 is 0 Å². The molecule has 0 saturated carbocycles. The molecule has 0 aliphatic rings. The Labute approximate surface area is 59.7 Å². The fraction of sp³-hybridized carbons (Fsp3) is 1.00. The van der Waals surface area contributed by atoms with Gasteiger partial charge in [-0.25, -0.2) is 0 Å². The Morgan fingerprint density at radius 3 is 1.67 bits per heavy atom. The average molecular weight is 128 g/mol. The molecule has 0 saturated heterocycles. The van der Waals surface area contributed by atoms with Crippen LogP contribution in [0, 0.1) is 11.3 Å². The van der Waals surface area contributed by atoms with Crippen LogP contribution in [0.3, 0.4) is 0 Å². The third kappa shape index (κ3) is 8.00. The second-order valence-corrected chi connectivity index (χ2v) is 4.49. The summed E-state index contributed by atoms with van der Waals surface area (Å²) in [4.78, 5) is 0. The predicted octanol–water partition coefficient (Wildman–Crippen LogP) is 3.47. The van der Waals surface area contributed by atoms with Gasteiger partial charge in [0.05, 0.1) is 0 Å². The Hall–Kier alpha value is 0. The van der Waals surface area contributed by atoms with E-state index in [1.54, 1.807) is 0 Å². The molecule has 9 heavy (non-hydrogen) atoms. The van der Waals surface area contributed by atoms with Crippen molar-refractivity contribution in [3.8, 4) is 0 Å². The Kier molecular flexibility index (Phi) is 3.24. The zero-order valence-corrected chi connectivity index (χ0v) is 7.49. The van der Waals surface area contributed by atoms with Gasteiger partial charge in [-0.1, -0.05) is 41.0 Å². The maximum atomic E-state index is 2.30. The molecule has 0 N–H and O–H groups in total. The minimum Gasteiger partial charge on any atom is -0.0628 e. The van der Waals surface area contributed by atoms with Crippen molar-refractivity contribution in [1.82, 2.24) is 0 Å². The van der Waals surface area contributed by atoms with Crippen LogP contribution in [-0.4, -0.2) is 0 Å². The van der Waals surface area contributed by atoms with E-state index in [4.69, 9.17) is 0 Å². The van der Waals surface area contributed by atoms with Crippen LogP contribution in [0.4, 0.5) is 0 Å². The van der Waals surface area contributed by atoms with Crippen LogP contribution in [-0.2, 0) is 0 Å². The van der Waals surface area contributed by atoms with Gasteiger partial charge in [-0.2, -0.15) is 0 Å². The van der Waals surface area contributed by atoms with Gasteiger partial charge >= 0.3 is 0 Å². The number of rotatable bonds is 2. The molecule has 0 heteroatoms. The molecule has 0 nitrogen and oxygen atoms in total. The average Bonchev–Trinajstić information content (AvgIpc) is 1.59. The van der Waals surface area contributed by atoms with Crippen molar-refractivity contribution < 1.29 is 0 Å². The molecule has 0 unspecified atom stereocenters. The molecule has 0 heterocycles. The molecule has 0 aliphatic heterocycles. The van der Waals surface area contributed by atoms with Crippen LogP contribution in [0.15, 0.2) is 0 Å². The second kappa shape index (κ2) is 3.24. The number of hydrogen-bond acceptors (Lipinski definition) is 0. The van der Waals surface area contributed by atoms with E-state index in [0.717, 1.165) is 5.92 Å². The summed E-state index contributed by atoms with van der Waals surface area (Å²) >= 11 is 0. The van der Waals surface area contributed by atoms with Crippen molar-refractivity contribution in [1.29, 1.82) is 0 Å². The van der Waals surface area contributed by atoms with E-state index in [-0.39, 0.29) is 0 Å². The zero-order chi connectivity index (χ0) is 7.49. The first-order chi connectivity index (χ1) is 3.92. The third-order valence-electron chi connectivity index (χ3n) is 1.47. The van der Waals surface area contributed by atoms with Crippen LogP contribution in [0.2, 0.25) is 0 Å². The van der Waals surface area contributed by atoms with Crippen LogP contribution in [0.25, 0.3) is 0 Å². The fourth-order valence-electron chi connectivity index (χ4n) is 0.722. The minimum atomic E-state index is 0.532. The van der Waals surface area contributed by atoms with Crippen molar-refractivity contribution in [2.45, 2.75) is 47.5 Å². The van der Waals surface area contributed by atoms with Crippen LogP contribution < -0.4 is 0 Å². The molecular formula is C9H20. The first kappa shape index (κ1) is 9.00. The van der Waals surface area contributed by atoms with Crippen molar-refractivity contribution in [3.05, 3.63) is 0 Å². The van der Waals surface area contributed by atoms with E-state index in [2.05, 4.69) is 34.6 Å². The summed E-state index contributed by atoms with van der Waals surface area (Å²) in [6, 6.07) is 0. The van der Waals surface area contributed by atoms with Crippen molar-refractivity contribution in [3.63, 3.8) is 0 Å². The lowest BCUT2D eigenvalue weighted by atomic mass is 9.88. The van der Waals surface area contributed by atoms with Crippen molar-refractivity contribution in [2.24, 2.45) is 11.3 Å². The molecule has 0 rings (SSSR count). The largest absolute Gasteiger partial charge is 0.0628 e. The lowest BCUT2D eigenvalue weighted by Crippen LogP contribution is -2.05. The topological polar surface area (TPSA) is 0 Å². The van der Waals surface area contributed by atoms with Gasteiger partial charge < -0.3 is 0 Å². The van der Waals surface area contributed by atoms with Gasteiger partial charge in [0.25, 0.3) is 0 Å². The zero-order valence-electron chi connectivity index (χ0n) is 7.49. The first-order valence-electron chi connectivity index (χ1n) is 3.92. The summed E-state index contributed by atoms with van der Waals surface area (Å²) in [5.74, 6) is 0.865. The molecule has 0 bridgehead atoms. The highest BCUT2D eigenvalue weighted by molar-refractivity contribution is 4.61. The molecular weight excluding hydrogens is 108 g/mol. The van der Waals surface area contributed by atoms with Gasteiger partial charge in [0.15, 0.2) is 0 Å². The van der Waals surface area contributed by atoms with E-state index >= 15 is 0 Å². The summed E-state index contributed by atoms with van der Waals surface area (Å²) in [5, 5.41) is 0. The van der Waals surface area contributed by atoms with Crippen LogP contribution in [0.5, 0.6) is 0 Å². The molecule has 56 valence electrons. The summed E-state index contributed by atoms with van der Waals surface area (Å²) in [6.07, 6.45) is 2.72. The van der Waals surface area contributed by atoms with Gasteiger partial charge in [0.1, 0.15) is 0 Å². The Bertz CT molecular complexity index is 64.6. The molecule has 0 spiro atoms. The molecule has 0 fully saturated rings. The highest BCUT2D eigenvalue weighted by Gasteiger charge is 2.09. The third-order valence-corrected chi connectivity index (χ3v) is 1.47. The Balaban J connectivity index is 3.28. The smallest absolute Gasteiger partial charge is 0.0383 e. The highest BCUT2D eigenvalue weighted by atomic mass is 14.2. The maximum absolute atomic E-state index is 2.30. The molecule has 0 radical (unpaired) electrons. The lowest BCUT2D eigenvalue weighted by Gasteiger charge is -2.18. The summed E-state index contributed by atoms with van der Waals surface area (Å²) in [6.45, 7) is 11.5. The summed E-state index contributed by atoms with van der Waals surface area (Å²) in [5.41, 5.74) is 0.532. The minimum absolute atomic E-state index is 0.532. The lowest BCUT2D eigenvalue weighted by molar-refractivity contribution is 0.338. The van der Waals surface area contributed by atoms with E-state index in [1.165, 1.54) is 12.8 Å². The van der Waals surface area contributed by atoms with Crippen molar-refractivity contribution in [2.75, 3.05) is 0 Å². The molecule has 0 atom stereocenters. The SMILES string of the molecule is CC(C)CCC(C)(C)C.